The lowest BCUT2D eigenvalue weighted by molar-refractivity contribution is -0.498. The molecule has 3 aromatic heterocycles. The summed E-state index contributed by atoms with van der Waals surface area (Å²) < 4.78 is 1.62. The van der Waals surface area contributed by atoms with Gasteiger partial charge in [-0.25, -0.2) is 9.50 Å². The summed E-state index contributed by atoms with van der Waals surface area (Å²) >= 11 is 0. The van der Waals surface area contributed by atoms with Gasteiger partial charge in [0.1, 0.15) is 5.82 Å². The van der Waals surface area contributed by atoms with E-state index in [9.17, 15) is 10.0 Å². The minimum atomic E-state index is -0.474. The summed E-state index contributed by atoms with van der Waals surface area (Å²) in [7, 11) is 0. The first-order valence-electron chi connectivity index (χ1n) is 5.12. The number of hydrogen-bond donors (Lipinski definition) is 2. The van der Waals surface area contributed by atoms with Crippen LogP contribution < -0.4 is 11.0 Å². The van der Waals surface area contributed by atoms with Gasteiger partial charge in [0.25, 0.3) is 0 Å². The first-order chi connectivity index (χ1) is 8.79. The van der Waals surface area contributed by atoms with Crippen molar-refractivity contribution in [3.63, 3.8) is 0 Å². The molecule has 90 valence electrons. The standard InChI is InChI=1S/C10H8N6O2/c17-10-7(15-18)4-12-9(14-10)6-3-13-16-2-1-11-5-8(6)16/h1-5H,15H2,(H,12,14,17). The molecule has 0 aliphatic rings. The topological polar surface area (TPSA) is 116 Å². The van der Waals surface area contributed by atoms with Gasteiger partial charge in [-0.1, -0.05) is 0 Å². The predicted molar refractivity (Wildman–Crippen MR) is 61.8 cm³/mol. The Hall–Kier alpha value is -2.58. The number of rotatable bonds is 2. The van der Waals surface area contributed by atoms with E-state index < -0.39 is 5.56 Å². The Kier molecular flexibility index (Phi) is 2.36. The zero-order valence-corrected chi connectivity index (χ0v) is 9.07. The van der Waals surface area contributed by atoms with Crippen molar-refractivity contribution < 1.29 is 5.48 Å². The van der Waals surface area contributed by atoms with E-state index in [-0.39, 0.29) is 5.69 Å². The molecule has 8 nitrogen and oxygen atoms in total. The Bertz CT molecular complexity index is 762. The minimum absolute atomic E-state index is 0.00616. The van der Waals surface area contributed by atoms with Crippen molar-refractivity contribution in [1.29, 1.82) is 0 Å². The van der Waals surface area contributed by atoms with E-state index >= 15 is 0 Å². The molecule has 0 radical (unpaired) electrons. The highest BCUT2D eigenvalue weighted by Crippen LogP contribution is 2.18. The Morgan fingerprint density at radius 3 is 3.00 bits per heavy atom. The molecule has 0 amide bonds. The molecule has 3 N–H and O–H groups in total. The monoisotopic (exact) mass is 244 g/mol. The Labute approximate surface area is 99.9 Å². The molecular formula is C10H8N6O2. The number of fused-ring (bicyclic) bond motifs is 1. The highest BCUT2D eigenvalue weighted by atomic mass is 16.5. The van der Waals surface area contributed by atoms with E-state index in [1.54, 1.807) is 29.3 Å². The largest absolute Gasteiger partial charge is 0.630 e. The molecule has 18 heavy (non-hydrogen) atoms. The molecule has 3 rings (SSSR count). The summed E-state index contributed by atoms with van der Waals surface area (Å²) in [5, 5.41) is 14.7. The average Bonchev–Trinajstić information content (AvgIpc) is 2.82. The van der Waals surface area contributed by atoms with Crippen LogP contribution in [-0.4, -0.2) is 24.6 Å². The Balaban J connectivity index is 2.20. The lowest BCUT2D eigenvalue weighted by Gasteiger charge is -2.01. The first-order valence-corrected chi connectivity index (χ1v) is 5.12. The number of H-pyrrole nitrogens is 1. The van der Waals surface area contributed by atoms with Gasteiger partial charge in [0, 0.05) is 12.4 Å². The molecule has 3 aromatic rings. The van der Waals surface area contributed by atoms with E-state index in [2.05, 4.69) is 20.1 Å². The van der Waals surface area contributed by atoms with Gasteiger partial charge in [0.05, 0.1) is 29.7 Å². The molecular weight excluding hydrogens is 236 g/mol. The quantitative estimate of drug-likeness (QED) is 0.571. The summed E-state index contributed by atoms with van der Waals surface area (Å²) in [5.41, 5.74) is 1.36. The van der Waals surface area contributed by atoms with Crippen LogP contribution in [0.5, 0.6) is 0 Å². The number of aromatic nitrogens is 5. The number of hydrogen-bond acceptors (Lipinski definition) is 5. The van der Waals surface area contributed by atoms with Crippen LogP contribution >= 0.6 is 0 Å². The van der Waals surface area contributed by atoms with Crippen LogP contribution in [0.1, 0.15) is 0 Å². The van der Waals surface area contributed by atoms with Crippen molar-refractivity contribution >= 4 is 11.2 Å². The molecule has 0 atom stereocenters. The Morgan fingerprint density at radius 1 is 1.33 bits per heavy atom. The molecule has 0 aliphatic carbocycles. The van der Waals surface area contributed by atoms with Crippen molar-refractivity contribution in [3.05, 3.63) is 46.5 Å². The predicted octanol–water partition coefficient (Wildman–Crippen LogP) is -0.828. The molecule has 0 aromatic carbocycles. The fraction of sp³-hybridized carbons (Fsp3) is 0. The molecule has 3 heterocycles. The van der Waals surface area contributed by atoms with Crippen LogP contribution in [0.4, 0.5) is 5.69 Å². The maximum absolute atomic E-state index is 11.5. The van der Waals surface area contributed by atoms with Gasteiger partial charge in [-0.05, 0) is 0 Å². The van der Waals surface area contributed by atoms with Gasteiger partial charge >= 0.3 is 5.56 Å². The van der Waals surface area contributed by atoms with Crippen LogP contribution in [0.2, 0.25) is 0 Å². The maximum atomic E-state index is 11.5. The molecule has 8 heteroatoms. The molecule has 0 bridgehead atoms. The highest BCUT2D eigenvalue weighted by Gasteiger charge is 2.10. The minimum Gasteiger partial charge on any atom is -0.630 e. The van der Waals surface area contributed by atoms with E-state index in [1.807, 2.05) is 0 Å². The van der Waals surface area contributed by atoms with Gasteiger partial charge in [-0.2, -0.15) is 5.10 Å². The van der Waals surface area contributed by atoms with Crippen molar-refractivity contribution in [1.82, 2.24) is 24.6 Å². The number of nitrogens with one attached hydrogen (secondary N) is 1. The number of aromatic amines is 1. The van der Waals surface area contributed by atoms with Crippen LogP contribution in [0.15, 0.2) is 35.8 Å². The SMILES string of the molecule is O=c1[nH]c(-c2cnn3ccncc23)ncc1[NH2+][O-]. The van der Waals surface area contributed by atoms with Crippen molar-refractivity contribution in [2.24, 2.45) is 0 Å². The van der Waals surface area contributed by atoms with E-state index in [0.29, 0.717) is 16.9 Å². The second-order valence-electron chi connectivity index (χ2n) is 3.60. The van der Waals surface area contributed by atoms with Gasteiger partial charge in [-0.15, -0.1) is 0 Å². The highest BCUT2D eigenvalue weighted by molar-refractivity contribution is 5.74. The fourth-order valence-electron chi connectivity index (χ4n) is 1.64. The van der Waals surface area contributed by atoms with Crippen molar-refractivity contribution in [2.75, 3.05) is 0 Å². The number of nitrogens with zero attached hydrogens (tertiary/aromatic N) is 4. The summed E-state index contributed by atoms with van der Waals surface area (Å²) in [6.07, 6.45) is 7.74. The van der Waals surface area contributed by atoms with E-state index in [4.69, 9.17) is 0 Å². The van der Waals surface area contributed by atoms with Gasteiger partial charge < -0.3 is 15.7 Å². The van der Waals surface area contributed by atoms with Crippen molar-refractivity contribution in [2.45, 2.75) is 0 Å². The fourth-order valence-corrected chi connectivity index (χ4v) is 1.64. The van der Waals surface area contributed by atoms with Crippen LogP contribution in [-0.2, 0) is 0 Å². The third-order valence-electron chi connectivity index (χ3n) is 2.53. The van der Waals surface area contributed by atoms with E-state index in [1.165, 1.54) is 6.20 Å². The van der Waals surface area contributed by atoms with Crippen LogP contribution in [0.25, 0.3) is 16.9 Å². The number of quaternary nitrogens is 1. The first kappa shape index (κ1) is 10.6. The van der Waals surface area contributed by atoms with Gasteiger partial charge in [0.2, 0.25) is 5.69 Å². The summed E-state index contributed by atoms with van der Waals surface area (Å²) in [6, 6.07) is 0. The lowest BCUT2D eigenvalue weighted by atomic mass is 10.3. The molecule has 0 unspecified atom stereocenters. The zero-order chi connectivity index (χ0) is 12.5. The summed E-state index contributed by atoms with van der Waals surface area (Å²) in [4.78, 5) is 22.1. The smallest absolute Gasteiger partial charge is 0.312 e. The number of nitrogens with two attached hydrogens (primary N) is 1. The molecule has 0 saturated heterocycles. The van der Waals surface area contributed by atoms with Gasteiger partial charge in [0.15, 0.2) is 0 Å². The maximum Gasteiger partial charge on any atom is 0.312 e. The third-order valence-corrected chi connectivity index (χ3v) is 2.53. The second-order valence-corrected chi connectivity index (χ2v) is 3.60. The van der Waals surface area contributed by atoms with Crippen LogP contribution in [0, 0.1) is 5.21 Å². The van der Waals surface area contributed by atoms with Crippen LogP contribution in [0.3, 0.4) is 0 Å². The zero-order valence-electron chi connectivity index (χ0n) is 9.07. The van der Waals surface area contributed by atoms with Crippen molar-refractivity contribution in [3.8, 4) is 11.4 Å². The van der Waals surface area contributed by atoms with Gasteiger partial charge in [-0.3, -0.25) is 9.78 Å². The normalized spacial score (nSPS) is 10.9. The molecule has 0 fully saturated rings. The Morgan fingerprint density at radius 2 is 2.22 bits per heavy atom. The summed E-state index contributed by atoms with van der Waals surface area (Å²) in [5.74, 6) is 0.355. The molecule has 0 spiro atoms. The second kappa shape index (κ2) is 4.02. The molecule has 0 aliphatic heterocycles. The summed E-state index contributed by atoms with van der Waals surface area (Å²) in [6.45, 7) is 0. The third kappa shape index (κ3) is 1.56. The van der Waals surface area contributed by atoms with E-state index in [0.717, 1.165) is 5.52 Å². The average molecular weight is 244 g/mol. The lowest BCUT2D eigenvalue weighted by Crippen LogP contribution is -2.72. The molecule has 0 saturated carbocycles.